The second kappa shape index (κ2) is 8.25. The Labute approximate surface area is 167 Å². The molecule has 1 fully saturated rings. The van der Waals surface area contributed by atoms with Crippen molar-refractivity contribution in [2.24, 2.45) is 0 Å². The van der Waals surface area contributed by atoms with Crippen LogP contribution in [0.2, 0.25) is 0 Å². The lowest BCUT2D eigenvalue weighted by Crippen LogP contribution is -2.54. The number of fused-ring (bicyclic) bond motifs is 1. The smallest absolute Gasteiger partial charge is 0.186 e. The monoisotopic (exact) mass is 406 g/mol. The summed E-state index contributed by atoms with van der Waals surface area (Å²) in [7, 11) is 1.33. The van der Waals surface area contributed by atoms with E-state index in [1.165, 1.54) is 19.2 Å². The minimum atomic E-state index is -1.45. The van der Waals surface area contributed by atoms with Gasteiger partial charge in [-0.25, -0.2) is 4.39 Å². The molecule has 0 unspecified atom stereocenters. The summed E-state index contributed by atoms with van der Waals surface area (Å²) in [5.74, 6) is 0.875. The van der Waals surface area contributed by atoms with E-state index in [1.54, 1.807) is 12.1 Å². The normalized spacial score (nSPS) is 28.9. The van der Waals surface area contributed by atoms with E-state index in [0.29, 0.717) is 35.8 Å². The molecule has 3 N–H and O–H groups in total. The average Bonchev–Trinajstić information content (AvgIpc) is 2.74. The van der Waals surface area contributed by atoms with Crippen molar-refractivity contribution in [3.63, 3.8) is 0 Å². The maximum atomic E-state index is 14.5. The number of ether oxygens (including phenoxy) is 4. The zero-order chi connectivity index (χ0) is 20.5. The number of aliphatic hydroxyl groups is 3. The highest BCUT2D eigenvalue weighted by molar-refractivity contribution is 5.45. The van der Waals surface area contributed by atoms with Crippen LogP contribution in [0.4, 0.5) is 4.39 Å². The van der Waals surface area contributed by atoms with Crippen molar-refractivity contribution in [2.75, 3.05) is 20.3 Å². The molecule has 29 heavy (non-hydrogen) atoms. The SMILES string of the molecule is CO[C@H]1O[C@@H](c2ccc(F)c(Cc3ccc4c(c3)OCCO4)c2)[C@H](O)[C@@H](O)[C@@H]1O. The summed E-state index contributed by atoms with van der Waals surface area (Å²) < 4.78 is 36.2. The van der Waals surface area contributed by atoms with Gasteiger partial charge in [-0.1, -0.05) is 12.1 Å². The Balaban J connectivity index is 1.59. The summed E-state index contributed by atoms with van der Waals surface area (Å²) in [6, 6.07) is 9.80. The molecule has 2 heterocycles. The van der Waals surface area contributed by atoms with Crippen molar-refractivity contribution in [3.05, 3.63) is 58.9 Å². The summed E-state index contributed by atoms with van der Waals surface area (Å²) in [4.78, 5) is 0. The molecule has 2 aliphatic rings. The molecule has 0 amide bonds. The van der Waals surface area contributed by atoms with Gasteiger partial charge in [0, 0.05) is 13.5 Å². The van der Waals surface area contributed by atoms with Gasteiger partial charge in [-0.2, -0.15) is 0 Å². The van der Waals surface area contributed by atoms with E-state index in [-0.39, 0.29) is 6.42 Å². The number of aliphatic hydroxyl groups excluding tert-OH is 3. The zero-order valence-electron chi connectivity index (χ0n) is 15.8. The molecule has 0 spiro atoms. The van der Waals surface area contributed by atoms with Crippen LogP contribution in [0, 0.1) is 5.82 Å². The van der Waals surface area contributed by atoms with Gasteiger partial charge >= 0.3 is 0 Å². The molecule has 156 valence electrons. The highest BCUT2D eigenvalue weighted by Crippen LogP contribution is 2.35. The molecule has 0 radical (unpaired) electrons. The minimum absolute atomic E-state index is 0.290. The van der Waals surface area contributed by atoms with E-state index in [2.05, 4.69) is 0 Å². The third-order valence-electron chi connectivity index (χ3n) is 5.20. The fourth-order valence-electron chi connectivity index (χ4n) is 3.64. The summed E-state index contributed by atoms with van der Waals surface area (Å²) in [5.41, 5.74) is 1.70. The Morgan fingerprint density at radius 3 is 2.48 bits per heavy atom. The Bertz CT molecular complexity index is 872. The number of halogens is 1. The number of hydrogen-bond acceptors (Lipinski definition) is 7. The predicted molar refractivity (Wildman–Crippen MR) is 99.3 cm³/mol. The van der Waals surface area contributed by atoms with Crippen LogP contribution in [0.25, 0.3) is 0 Å². The molecular weight excluding hydrogens is 383 g/mol. The molecule has 0 aromatic heterocycles. The molecule has 1 saturated heterocycles. The molecule has 2 aliphatic heterocycles. The molecule has 5 atom stereocenters. The first kappa shape index (κ1) is 20.1. The van der Waals surface area contributed by atoms with E-state index in [9.17, 15) is 19.7 Å². The van der Waals surface area contributed by atoms with Crippen LogP contribution in [0.1, 0.15) is 22.8 Å². The van der Waals surface area contributed by atoms with Gasteiger partial charge < -0.3 is 34.3 Å². The molecule has 0 saturated carbocycles. The second-order valence-corrected chi connectivity index (χ2v) is 7.14. The topological polar surface area (TPSA) is 97.6 Å². The summed E-state index contributed by atoms with van der Waals surface area (Å²) in [6.07, 6.45) is -6.02. The number of hydrogen-bond donors (Lipinski definition) is 3. The lowest BCUT2D eigenvalue weighted by Gasteiger charge is -2.40. The molecular formula is C21H23FO7. The Kier molecular flexibility index (Phi) is 5.71. The third-order valence-corrected chi connectivity index (χ3v) is 5.20. The molecule has 0 aliphatic carbocycles. The lowest BCUT2D eigenvalue weighted by molar-refractivity contribution is -0.292. The van der Waals surface area contributed by atoms with Crippen molar-refractivity contribution >= 4 is 0 Å². The van der Waals surface area contributed by atoms with E-state index in [1.807, 2.05) is 12.1 Å². The van der Waals surface area contributed by atoms with E-state index in [4.69, 9.17) is 18.9 Å². The van der Waals surface area contributed by atoms with Crippen molar-refractivity contribution in [1.82, 2.24) is 0 Å². The molecule has 0 bridgehead atoms. The first-order valence-electron chi connectivity index (χ1n) is 9.37. The Morgan fingerprint density at radius 1 is 0.966 bits per heavy atom. The van der Waals surface area contributed by atoms with Gasteiger partial charge in [0.15, 0.2) is 17.8 Å². The van der Waals surface area contributed by atoms with Crippen LogP contribution >= 0.6 is 0 Å². The zero-order valence-corrected chi connectivity index (χ0v) is 15.8. The van der Waals surface area contributed by atoms with Crippen LogP contribution in [-0.2, 0) is 15.9 Å². The standard InChI is InChI=1S/C21H23FO7/c1-26-21-19(25)17(23)18(24)20(29-21)12-3-4-14(22)13(10-12)8-11-2-5-15-16(9-11)28-7-6-27-15/h2-5,9-10,17-21,23-25H,6-8H2,1H3/t17-,18-,19+,20+,21+/m1/s1. The number of benzene rings is 2. The van der Waals surface area contributed by atoms with Gasteiger partial charge in [0.05, 0.1) is 0 Å². The Morgan fingerprint density at radius 2 is 1.72 bits per heavy atom. The van der Waals surface area contributed by atoms with Gasteiger partial charge in [-0.15, -0.1) is 0 Å². The number of rotatable bonds is 4. The van der Waals surface area contributed by atoms with Crippen molar-refractivity contribution in [2.45, 2.75) is 37.1 Å². The summed E-state index contributed by atoms with van der Waals surface area (Å²) >= 11 is 0. The first-order valence-corrected chi connectivity index (χ1v) is 9.37. The lowest BCUT2D eigenvalue weighted by atomic mass is 9.92. The molecule has 2 aromatic carbocycles. The van der Waals surface area contributed by atoms with Gasteiger partial charge in [0.1, 0.15) is 43.4 Å². The van der Waals surface area contributed by atoms with E-state index < -0.39 is 36.5 Å². The largest absolute Gasteiger partial charge is 0.486 e. The maximum absolute atomic E-state index is 14.5. The summed E-state index contributed by atoms with van der Waals surface area (Å²) in [5, 5.41) is 30.4. The molecule has 2 aromatic rings. The van der Waals surface area contributed by atoms with Crippen molar-refractivity contribution in [3.8, 4) is 11.5 Å². The highest BCUT2D eigenvalue weighted by Gasteiger charge is 2.44. The van der Waals surface area contributed by atoms with Crippen LogP contribution in [-0.4, -0.2) is 60.2 Å². The fourth-order valence-corrected chi connectivity index (χ4v) is 3.64. The van der Waals surface area contributed by atoms with E-state index in [0.717, 1.165) is 5.56 Å². The van der Waals surface area contributed by atoms with E-state index >= 15 is 0 Å². The minimum Gasteiger partial charge on any atom is -0.486 e. The molecule has 8 heteroatoms. The predicted octanol–water partition coefficient (Wildman–Crippen LogP) is 1.31. The Hall–Kier alpha value is -2.23. The summed E-state index contributed by atoms with van der Waals surface area (Å²) in [6.45, 7) is 0.960. The highest BCUT2D eigenvalue weighted by atomic mass is 19.1. The average molecular weight is 406 g/mol. The van der Waals surface area contributed by atoms with Gasteiger partial charge in [0.25, 0.3) is 0 Å². The quantitative estimate of drug-likeness (QED) is 0.704. The molecule has 7 nitrogen and oxygen atoms in total. The fraction of sp³-hybridized carbons (Fsp3) is 0.429. The van der Waals surface area contributed by atoms with Gasteiger partial charge in [0.2, 0.25) is 0 Å². The van der Waals surface area contributed by atoms with Crippen molar-refractivity contribution < 1.29 is 38.7 Å². The van der Waals surface area contributed by atoms with Gasteiger partial charge in [-0.3, -0.25) is 0 Å². The maximum Gasteiger partial charge on any atom is 0.186 e. The molecule has 4 rings (SSSR count). The van der Waals surface area contributed by atoms with Crippen LogP contribution in [0.3, 0.4) is 0 Å². The van der Waals surface area contributed by atoms with Crippen LogP contribution in [0.5, 0.6) is 11.5 Å². The van der Waals surface area contributed by atoms with Gasteiger partial charge in [-0.05, 0) is 41.0 Å². The van der Waals surface area contributed by atoms with Crippen LogP contribution < -0.4 is 9.47 Å². The van der Waals surface area contributed by atoms with Crippen molar-refractivity contribution in [1.29, 1.82) is 0 Å². The third kappa shape index (κ3) is 3.94. The van der Waals surface area contributed by atoms with Crippen LogP contribution in [0.15, 0.2) is 36.4 Å². The first-order chi connectivity index (χ1) is 14.0. The second-order valence-electron chi connectivity index (χ2n) is 7.14. The number of methoxy groups -OCH3 is 1.